The van der Waals surface area contributed by atoms with Crippen molar-refractivity contribution in [2.24, 2.45) is 11.3 Å². The molecule has 0 unspecified atom stereocenters. The van der Waals surface area contributed by atoms with E-state index in [1.165, 1.54) is 0 Å². The van der Waals surface area contributed by atoms with Crippen molar-refractivity contribution in [1.82, 2.24) is 19.8 Å². The molecular weight excluding hydrogens is 619 g/mol. The molecule has 1 N–H and O–H groups in total. The standard InChI is InChI=1S/C30H33IN6O3/c1-35(2)17-30(8-9-30)18-40-29-33-25-16-37(15-23(25)27(34-29)36-10-6-19(14-32)7-11-36)28(39)22-13-21(38)12-20-4-3-5-24(31)26(20)22/h3-5,12-13,19,38H,6-11,15-18H2,1-2H3. The Kier molecular flexibility index (Phi) is 7.21. The van der Waals surface area contributed by atoms with Crippen molar-refractivity contribution < 1.29 is 14.6 Å². The summed E-state index contributed by atoms with van der Waals surface area (Å²) < 4.78 is 7.19. The number of halogens is 1. The predicted molar refractivity (Wildman–Crippen MR) is 160 cm³/mol. The molecule has 6 rings (SSSR count). The number of ether oxygens (including phenoxy) is 1. The minimum absolute atomic E-state index is 0.0576. The Balaban J connectivity index is 1.31. The van der Waals surface area contributed by atoms with Crippen LogP contribution < -0.4 is 9.64 Å². The molecule has 9 nitrogen and oxygen atoms in total. The van der Waals surface area contributed by atoms with Crippen LogP contribution in [-0.4, -0.2) is 71.1 Å². The van der Waals surface area contributed by atoms with E-state index in [-0.39, 0.29) is 23.0 Å². The first kappa shape index (κ1) is 27.0. The van der Waals surface area contributed by atoms with E-state index in [2.05, 4.69) is 52.6 Å². The number of carbonyl (C=O) groups is 1. The maximum atomic E-state index is 13.9. The molecule has 0 atom stereocenters. The van der Waals surface area contributed by atoms with E-state index in [0.717, 1.165) is 76.7 Å². The van der Waals surface area contributed by atoms with Crippen LogP contribution in [0.1, 0.15) is 47.3 Å². The van der Waals surface area contributed by atoms with Gasteiger partial charge in [0.1, 0.15) is 11.6 Å². The number of aromatic nitrogens is 2. The molecule has 208 valence electrons. The van der Waals surface area contributed by atoms with Crippen molar-refractivity contribution >= 4 is 45.1 Å². The number of fused-ring (bicyclic) bond motifs is 2. The van der Waals surface area contributed by atoms with Gasteiger partial charge in [-0.1, -0.05) is 12.1 Å². The molecular formula is C30H33IN6O3. The van der Waals surface area contributed by atoms with Crippen molar-refractivity contribution in [1.29, 1.82) is 5.26 Å². The van der Waals surface area contributed by atoms with Crippen LogP contribution in [0.4, 0.5) is 5.82 Å². The second kappa shape index (κ2) is 10.7. The lowest BCUT2D eigenvalue weighted by molar-refractivity contribution is 0.0752. The number of hydrogen-bond donors (Lipinski definition) is 1. The second-order valence-electron chi connectivity index (χ2n) is 11.7. The quantitative estimate of drug-likeness (QED) is 0.371. The summed E-state index contributed by atoms with van der Waals surface area (Å²) >= 11 is 2.24. The summed E-state index contributed by atoms with van der Waals surface area (Å²) in [5.74, 6) is 0.780. The molecule has 1 aromatic heterocycles. The number of carbonyl (C=O) groups excluding carboxylic acids is 1. The van der Waals surface area contributed by atoms with E-state index < -0.39 is 0 Å². The van der Waals surface area contributed by atoms with Crippen LogP contribution in [0.3, 0.4) is 0 Å². The molecule has 1 aliphatic carbocycles. The minimum atomic E-state index is -0.150. The molecule has 0 radical (unpaired) electrons. The van der Waals surface area contributed by atoms with Crippen molar-refractivity contribution in [3.8, 4) is 17.8 Å². The zero-order valence-corrected chi connectivity index (χ0v) is 25.0. The van der Waals surface area contributed by atoms with E-state index in [1.807, 2.05) is 18.2 Å². The van der Waals surface area contributed by atoms with Gasteiger partial charge in [-0.05, 0) is 86.0 Å². The third kappa shape index (κ3) is 5.29. The fraction of sp³-hybridized carbons (Fsp3) is 0.467. The van der Waals surface area contributed by atoms with Crippen molar-refractivity contribution in [2.75, 3.05) is 45.2 Å². The first-order valence-electron chi connectivity index (χ1n) is 13.8. The number of nitrogens with zero attached hydrogens (tertiary/aromatic N) is 6. The van der Waals surface area contributed by atoms with Crippen LogP contribution in [0.15, 0.2) is 30.3 Å². The minimum Gasteiger partial charge on any atom is -0.508 e. The molecule has 40 heavy (non-hydrogen) atoms. The van der Waals surface area contributed by atoms with E-state index in [9.17, 15) is 15.2 Å². The van der Waals surface area contributed by atoms with Crippen LogP contribution in [0.2, 0.25) is 0 Å². The van der Waals surface area contributed by atoms with Crippen molar-refractivity contribution in [3.05, 3.63) is 50.7 Å². The molecule has 3 aliphatic rings. The average molecular weight is 653 g/mol. The summed E-state index contributed by atoms with van der Waals surface area (Å²) in [5.41, 5.74) is 2.36. The van der Waals surface area contributed by atoms with Crippen LogP contribution in [-0.2, 0) is 13.1 Å². The van der Waals surface area contributed by atoms with Crippen LogP contribution in [0.25, 0.3) is 10.8 Å². The normalized spacial score (nSPS) is 18.2. The SMILES string of the molecule is CN(C)CC1(COc2nc3c(c(N4CCC(C#N)CC4)n2)CN(C(=O)c2cc(O)cc4cccc(I)c24)C3)CC1. The lowest BCUT2D eigenvalue weighted by Gasteiger charge is -2.31. The first-order valence-corrected chi connectivity index (χ1v) is 14.9. The highest BCUT2D eigenvalue weighted by atomic mass is 127. The number of aromatic hydroxyl groups is 1. The molecule has 1 saturated carbocycles. The summed E-state index contributed by atoms with van der Waals surface area (Å²) in [6.07, 6.45) is 3.83. The number of piperidine rings is 1. The van der Waals surface area contributed by atoms with Gasteiger partial charge in [0.2, 0.25) is 0 Å². The molecule has 1 amide bonds. The molecule has 2 aliphatic heterocycles. The number of phenolic OH excluding ortho intramolecular Hbond substituents is 1. The molecule has 3 heterocycles. The Morgan fingerprint density at radius 1 is 1.23 bits per heavy atom. The Hall–Kier alpha value is -3.17. The highest BCUT2D eigenvalue weighted by Crippen LogP contribution is 2.46. The fourth-order valence-corrected chi connectivity index (χ4v) is 6.83. The third-order valence-corrected chi connectivity index (χ3v) is 9.16. The van der Waals surface area contributed by atoms with Crippen molar-refractivity contribution in [3.63, 3.8) is 0 Å². The average Bonchev–Trinajstić information content (AvgIpc) is 3.55. The number of hydrogen-bond acceptors (Lipinski definition) is 8. The first-order chi connectivity index (χ1) is 19.2. The number of amides is 1. The van der Waals surface area contributed by atoms with Crippen LogP contribution in [0, 0.1) is 26.2 Å². The largest absolute Gasteiger partial charge is 0.508 e. The van der Waals surface area contributed by atoms with Gasteiger partial charge in [-0.3, -0.25) is 4.79 Å². The lowest BCUT2D eigenvalue weighted by Crippen LogP contribution is -2.35. The van der Waals surface area contributed by atoms with E-state index in [0.29, 0.717) is 31.3 Å². The van der Waals surface area contributed by atoms with Crippen LogP contribution in [0.5, 0.6) is 11.8 Å². The van der Waals surface area contributed by atoms with Gasteiger partial charge in [0, 0.05) is 45.5 Å². The summed E-state index contributed by atoms with van der Waals surface area (Å²) in [6.45, 7) is 3.72. The number of benzene rings is 2. The number of nitriles is 1. The van der Waals surface area contributed by atoms with E-state index >= 15 is 0 Å². The molecule has 2 aromatic carbocycles. The summed E-state index contributed by atoms with van der Waals surface area (Å²) in [5, 5.41) is 21.5. The second-order valence-corrected chi connectivity index (χ2v) is 12.8. The Morgan fingerprint density at radius 2 is 2.00 bits per heavy atom. The van der Waals surface area contributed by atoms with Gasteiger partial charge in [0.25, 0.3) is 5.91 Å². The summed E-state index contributed by atoms with van der Waals surface area (Å²) in [4.78, 5) is 29.8. The zero-order valence-electron chi connectivity index (χ0n) is 22.9. The van der Waals surface area contributed by atoms with E-state index in [4.69, 9.17) is 14.7 Å². The van der Waals surface area contributed by atoms with Gasteiger partial charge < -0.3 is 24.5 Å². The Labute approximate surface area is 247 Å². The molecule has 0 bridgehead atoms. The predicted octanol–water partition coefficient (Wildman–Crippen LogP) is 4.56. The smallest absolute Gasteiger partial charge is 0.318 e. The summed E-state index contributed by atoms with van der Waals surface area (Å²) in [6, 6.07) is 11.8. The third-order valence-electron chi connectivity index (χ3n) is 8.26. The summed E-state index contributed by atoms with van der Waals surface area (Å²) in [7, 11) is 4.16. The van der Waals surface area contributed by atoms with Gasteiger partial charge in [-0.15, -0.1) is 0 Å². The molecule has 10 heteroatoms. The maximum absolute atomic E-state index is 13.9. The fourth-order valence-electron chi connectivity index (χ4n) is 6.02. The van der Waals surface area contributed by atoms with Gasteiger partial charge >= 0.3 is 6.01 Å². The van der Waals surface area contributed by atoms with Gasteiger partial charge in [0.05, 0.1) is 37.0 Å². The highest BCUT2D eigenvalue weighted by Gasteiger charge is 2.44. The molecule has 1 saturated heterocycles. The van der Waals surface area contributed by atoms with Gasteiger partial charge in [-0.2, -0.15) is 15.2 Å². The van der Waals surface area contributed by atoms with Gasteiger partial charge in [0.15, 0.2) is 0 Å². The Morgan fingerprint density at radius 3 is 2.70 bits per heavy atom. The lowest BCUT2D eigenvalue weighted by atomic mass is 9.98. The number of anilines is 1. The topological polar surface area (TPSA) is 106 Å². The monoisotopic (exact) mass is 652 g/mol. The highest BCUT2D eigenvalue weighted by molar-refractivity contribution is 14.1. The van der Waals surface area contributed by atoms with Crippen LogP contribution >= 0.6 is 22.6 Å². The van der Waals surface area contributed by atoms with E-state index in [1.54, 1.807) is 17.0 Å². The zero-order chi connectivity index (χ0) is 28.0. The maximum Gasteiger partial charge on any atom is 0.318 e. The Bertz CT molecular complexity index is 1510. The number of rotatable bonds is 7. The molecule has 3 aromatic rings. The molecule has 0 spiro atoms. The molecule has 2 fully saturated rings. The van der Waals surface area contributed by atoms with Crippen molar-refractivity contribution in [2.45, 2.75) is 38.8 Å². The van der Waals surface area contributed by atoms with Gasteiger partial charge in [-0.25, -0.2) is 0 Å². The number of phenols is 1.